The van der Waals surface area contributed by atoms with E-state index in [-0.39, 0.29) is 0 Å². The minimum Gasteiger partial charge on any atom is -0.497 e. The average molecular weight is 393 g/mol. The van der Waals surface area contributed by atoms with Crippen LogP contribution in [0.5, 0.6) is 11.5 Å². The van der Waals surface area contributed by atoms with Crippen LogP contribution in [-0.4, -0.2) is 50.3 Å². The molecule has 0 aliphatic carbocycles. The van der Waals surface area contributed by atoms with E-state index in [4.69, 9.17) is 23.5 Å². The zero-order valence-corrected chi connectivity index (χ0v) is 18.2. The van der Waals surface area contributed by atoms with E-state index in [2.05, 4.69) is 5.32 Å². The molecule has 0 atom stereocenters. The molecule has 1 amide bonds. The lowest BCUT2D eigenvalue weighted by Gasteiger charge is -2.32. The van der Waals surface area contributed by atoms with Gasteiger partial charge in [-0.3, -0.25) is 0 Å². The molecule has 1 aliphatic rings. The second-order valence-electron chi connectivity index (χ2n) is 8.77. The van der Waals surface area contributed by atoms with E-state index in [1.54, 1.807) is 13.2 Å². The molecule has 0 bridgehead atoms. The maximum absolute atomic E-state index is 11.7. The Hall–Kier alpha value is -1.93. The summed E-state index contributed by atoms with van der Waals surface area (Å²) in [7, 11) is 1.05. The highest BCUT2D eigenvalue weighted by Gasteiger charge is 2.52. The van der Waals surface area contributed by atoms with Crippen molar-refractivity contribution in [2.75, 3.05) is 20.3 Å². The minimum atomic E-state index is -0.552. The third kappa shape index (κ3) is 5.55. The molecule has 0 spiro atoms. The number of benzene rings is 1. The zero-order chi connectivity index (χ0) is 21.2. The normalized spacial score (nSPS) is 17.9. The largest absolute Gasteiger partial charge is 0.498 e. The van der Waals surface area contributed by atoms with Crippen LogP contribution in [0.25, 0.3) is 0 Å². The molecular weight excluding hydrogens is 361 g/mol. The lowest BCUT2D eigenvalue weighted by Crippen LogP contribution is -2.41. The van der Waals surface area contributed by atoms with Crippen molar-refractivity contribution in [3.05, 3.63) is 18.2 Å². The summed E-state index contributed by atoms with van der Waals surface area (Å²) >= 11 is 0. The Morgan fingerprint density at radius 2 is 1.75 bits per heavy atom. The molecule has 0 aromatic heterocycles. The van der Waals surface area contributed by atoms with Crippen LogP contribution in [0, 0.1) is 0 Å². The first-order valence-electron chi connectivity index (χ1n) is 9.48. The number of alkyl carbamates (subject to hydrolysis) is 1. The van der Waals surface area contributed by atoms with E-state index in [9.17, 15) is 4.79 Å². The van der Waals surface area contributed by atoms with Crippen molar-refractivity contribution in [1.29, 1.82) is 0 Å². The van der Waals surface area contributed by atoms with Crippen molar-refractivity contribution in [1.82, 2.24) is 5.32 Å². The fourth-order valence-corrected chi connectivity index (χ4v) is 2.59. The molecule has 28 heavy (non-hydrogen) atoms. The van der Waals surface area contributed by atoms with Crippen LogP contribution >= 0.6 is 0 Å². The molecule has 1 aromatic carbocycles. The molecule has 0 unspecified atom stereocenters. The summed E-state index contributed by atoms with van der Waals surface area (Å²) < 4.78 is 28.6. The number of carbonyl (C=O) groups excluding carboxylic acids is 1. The van der Waals surface area contributed by atoms with E-state index >= 15 is 0 Å². The van der Waals surface area contributed by atoms with Crippen LogP contribution in [0.3, 0.4) is 0 Å². The molecule has 1 heterocycles. The predicted octanol–water partition coefficient (Wildman–Crippen LogP) is 2.90. The van der Waals surface area contributed by atoms with Crippen LogP contribution in [0.2, 0.25) is 0 Å². The Bertz CT molecular complexity index is 682. The van der Waals surface area contributed by atoms with E-state index in [0.717, 1.165) is 5.46 Å². The summed E-state index contributed by atoms with van der Waals surface area (Å²) in [6.07, 6.45) is -0.469. The Labute approximate surface area is 168 Å². The van der Waals surface area contributed by atoms with Gasteiger partial charge in [0.15, 0.2) is 0 Å². The monoisotopic (exact) mass is 393 g/mol. The highest BCUT2D eigenvalue weighted by Crippen LogP contribution is 2.37. The van der Waals surface area contributed by atoms with Gasteiger partial charge < -0.3 is 28.8 Å². The zero-order valence-electron chi connectivity index (χ0n) is 18.2. The highest BCUT2D eigenvalue weighted by molar-refractivity contribution is 6.63. The first-order valence-corrected chi connectivity index (χ1v) is 9.48. The first-order chi connectivity index (χ1) is 12.8. The van der Waals surface area contributed by atoms with Crippen LogP contribution in [0.1, 0.15) is 48.5 Å². The van der Waals surface area contributed by atoms with Crippen molar-refractivity contribution in [3.63, 3.8) is 0 Å². The van der Waals surface area contributed by atoms with Gasteiger partial charge in [0.25, 0.3) is 0 Å². The molecule has 0 saturated carbocycles. The van der Waals surface area contributed by atoms with Crippen LogP contribution in [0.4, 0.5) is 4.79 Å². The summed E-state index contributed by atoms with van der Waals surface area (Å²) in [5.41, 5.74) is -0.661. The molecule has 2 rings (SSSR count). The van der Waals surface area contributed by atoms with Crippen LogP contribution < -0.4 is 20.3 Å². The van der Waals surface area contributed by atoms with E-state index in [1.165, 1.54) is 0 Å². The number of methoxy groups -OCH3 is 1. The average Bonchev–Trinajstić information content (AvgIpc) is 2.77. The van der Waals surface area contributed by atoms with Crippen molar-refractivity contribution in [2.24, 2.45) is 0 Å². The Kier molecular flexibility index (Phi) is 6.56. The van der Waals surface area contributed by atoms with Crippen LogP contribution in [0.15, 0.2) is 18.2 Å². The number of amides is 1. The van der Waals surface area contributed by atoms with Gasteiger partial charge in [0.05, 0.1) is 24.9 Å². The summed E-state index contributed by atoms with van der Waals surface area (Å²) in [6, 6.07) is 5.46. The fraction of sp³-hybridized carbons (Fsp3) is 0.650. The van der Waals surface area contributed by atoms with Crippen molar-refractivity contribution in [2.45, 2.75) is 65.3 Å². The molecule has 1 aliphatic heterocycles. The van der Waals surface area contributed by atoms with Crippen molar-refractivity contribution < 1.29 is 28.3 Å². The number of carbonyl (C=O) groups is 1. The maximum Gasteiger partial charge on any atom is 0.498 e. The molecule has 156 valence electrons. The van der Waals surface area contributed by atoms with E-state index in [0.29, 0.717) is 24.7 Å². The van der Waals surface area contributed by atoms with Gasteiger partial charge in [-0.1, -0.05) is 0 Å². The topological polar surface area (TPSA) is 75.3 Å². The summed E-state index contributed by atoms with van der Waals surface area (Å²) in [5.74, 6) is 1.30. The molecular formula is C20H32BNO6. The standard InChI is InChI=1S/C20H32BNO6/c1-18(2,3)26-17(23)22-11-12-25-14-9-10-16(24-8)15(13-14)21-27-19(4,5)20(6,7)28-21/h9-10,13H,11-12H2,1-8H3,(H,22,23). The predicted molar refractivity (Wildman–Crippen MR) is 108 cm³/mol. The Morgan fingerprint density at radius 1 is 1.14 bits per heavy atom. The molecule has 1 fully saturated rings. The number of nitrogens with one attached hydrogen (secondary N) is 1. The maximum atomic E-state index is 11.7. The Morgan fingerprint density at radius 3 is 2.29 bits per heavy atom. The van der Waals surface area contributed by atoms with Gasteiger partial charge in [0.1, 0.15) is 23.7 Å². The first kappa shape index (κ1) is 22.4. The second kappa shape index (κ2) is 8.21. The lowest BCUT2D eigenvalue weighted by atomic mass is 9.78. The number of rotatable bonds is 6. The van der Waals surface area contributed by atoms with Gasteiger partial charge in [0.2, 0.25) is 0 Å². The summed E-state index contributed by atoms with van der Waals surface area (Å²) in [6.45, 7) is 14.1. The van der Waals surface area contributed by atoms with Crippen LogP contribution in [-0.2, 0) is 14.0 Å². The van der Waals surface area contributed by atoms with E-state index < -0.39 is 30.0 Å². The number of hydrogen-bond acceptors (Lipinski definition) is 6. The number of hydrogen-bond donors (Lipinski definition) is 1. The lowest BCUT2D eigenvalue weighted by molar-refractivity contribution is 0.00578. The quantitative estimate of drug-likeness (QED) is 0.592. The van der Waals surface area contributed by atoms with Gasteiger partial charge in [-0.05, 0) is 66.7 Å². The molecule has 0 radical (unpaired) electrons. The smallest absolute Gasteiger partial charge is 0.497 e. The van der Waals surface area contributed by atoms with Gasteiger partial charge in [0, 0.05) is 5.46 Å². The van der Waals surface area contributed by atoms with Crippen molar-refractivity contribution in [3.8, 4) is 11.5 Å². The minimum absolute atomic E-state index is 0.300. The summed E-state index contributed by atoms with van der Waals surface area (Å²) in [4.78, 5) is 11.7. The molecule has 1 aromatic rings. The SMILES string of the molecule is COc1ccc(OCCNC(=O)OC(C)(C)C)cc1B1OC(C)(C)C(C)(C)O1. The molecule has 1 saturated heterocycles. The van der Waals surface area contributed by atoms with Gasteiger partial charge >= 0.3 is 13.2 Å². The van der Waals surface area contributed by atoms with Gasteiger partial charge in [-0.2, -0.15) is 0 Å². The van der Waals surface area contributed by atoms with E-state index in [1.807, 2.05) is 60.6 Å². The fourth-order valence-electron chi connectivity index (χ4n) is 2.59. The third-order valence-corrected chi connectivity index (χ3v) is 4.75. The highest BCUT2D eigenvalue weighted by atomic mass is 16.7. The van der Waals surface area contributed by atoms with Gasteiger partial charge in [-0.15, -0.1) is 0 Å². The number of ether oxygens (including phenoxy) is 3. The third-order valence-electron chi connectivity index (χ3n) is 4.75. The summed E-state index contributed by atoms with van der Waals surface area (Å²) in [5, 5.41) is 2.66. The molecule has 1 N–H and O–H groups in total. The molecule has 8 heteroatoms. The Balaban J connectivity index is 1.99. The van der Waals surface area contributed by atoms with Gasteiger partial charge in [-0.25, -0.2) is 4.79 Å². The molecule has 7 nitrogen and oxygen atoms in total. The second-order valence-corrected chi connectivity index (χ2v) is 8.77. The van der Waals surface area contributed by atoms with Crippen molar-refractivity contribution >= 4 is 18.7 Å².